The molecule has 1 atom stereocenters. The first-order chi connectivity index (χ1) is 8.27. The van der Waals surface area contributed by atoms with Gasteiger partial charge in [-0.05, 0) is 37.4 Å². The Morgan fingerprint density at radius 3 is 2.44 bits per heavy atom. The standard InChI is InChI=1S/C11H16BrNO3S2/c1-11(14,8-17-2)7-13-18(15,16)10-5-3-9(12)4-6-10/h3-6,13-14H,7-8H2,1-2H3/t11-/m0/s1. The number of nitrogens with one attached hydrogen (secondary N) is 1. The van der Waals surface area contributed by atoms with Crippen LogP contribution in [-0.4, -0.2) is 37.7 Å². The van der Waals surface area contributed by atoms with Crippen LogP contribution in [0.1, 0.15) is 6.92 Å². The smallest absolute Gasteiger partial charge is 0.240 e. The van der Waals surface area contributed by atoms with Gasteiger partial charge in [-0.3, -0.25) is 0 Å². The van der Waals surface area contributed by atoms with Gasteiger partial charge in [0.05, 0.1) is 10.5 Å². The molecule has 0 saturated carbocycles. The Morgan fingerprint density at radius 1 is 1.39 bits per heavy atom. The molecule has 7 heteroatoms. The monoisotopic (exact) mass is 353 g/mol. The number of sulfonamides is 1. The SMILES string of the molecule is CSC[C@@](C)(O)CNS(=O)(=O)c1ccc(Br)cc1. The number of hydrogen-bond donors (Lipinski definition) is 2. The summed E-state index contributed by atoms with van der Waals surface area (Å²) in [5.74, 6) is 0.468. The van der Waals surface area contributed by atoms with Gasteiger partial charge in [0.2, 0.25) is 10.0 Å². The van der Waals surface area contributed by atoms with Crippen LogP contribution in [0.5, 0.6) is 0 Å². The summed E-state index contributed by atoms with van der Waals surface area (Å²) in [6, 6.07) is 6.34. The minimum Gasteiger partial charge on any atom is -0.388 e. The Kier molecular flexibility index (Phi) is 5.67. The normalized spacial score (nSPS) is 15.3. The zero-order chi connectivity index (χ0) is 13.8. The zero-order valence-corrected chi connectivity index (χ0v) is 13.4. The van der Waals surface area contributed by atoms with Crippen molar-refractivity contribution in [3.63, 3.8) is 0 Å². The molecule has 0 radical (unpaired) electrons. The molecule has 1 rings (SSSR count). The van der Waals surface area contributed by atoms with E-state index in [0.29, 0.717) is 5.75 Å². The van der Waals surface area contributed by atoms with E-state index in [1.165, 1.54) is 23.9 Å². The van der Waals surface area contributed by atoms with Crippen LogP contribution < -0.4 is 4.72 Å². The van der Waals surface area contributed by atoms with Crippen molar-refractivity contribution in [1.29, 1.82) is 0 Å². The van der Waals surface area contributed by atoms with Crippen LogP contribution in [0.15, 0.2) is 33.6 Å². The van der Waals surface area contributed by atoms with Gasteiger partial charge >= 0.3 is 0 Å². The fourth-order valence-corrected chi connectivity index (χ4v) is 3.46. The van der Waals surface area contributed by atoms with Gasteiger partial charge in [-0.25, -0.2) is 13.1 Å². The summed E-state index contributed by atoms with van der Waals surface area (Å²) in [7, 11) is -3.57. The second kappa shape index (κ2) is 6.38. The van der Waals surface area contributed by atoms with Crippen LogP contribution in [0.3, 0.4) is 0 Å². The molecule has 1 aromatic carbocycles. The van der Waals surface area contributed by atoms with Crippen LogP contribution in [0, 0.1) is 0 Å². The second-order valence-corrected chi connectivity index (χ2v) is 7.76. The van der Waals surface area contributed by atoms with E-state index in [9.17, 15) is 13.5 Å². The van der Waals surface area contributed by atoms with E-state index in [2.05, 4.69) is 20.7 Å². The first-order valence-electron chi connectivity index (χ1n) is 5.23. The summed E-state index contributed by atoms with van der Waals surface area (Å²) < 4.78 is 27.1. The highest BCUT2D eigenvalue weighted by atomic mass is 79.9. The number of benzene rings is 1. The molecule has 2 N–H and O–H groups in total. The first-order valence-corrected chi connectivity index (χ1v) is 8.90. The third kappa shape index (κ3) is 4.89. The van der Waals surface area contributed by atoms with Crippen molar-refractivity contribution in [3.05, 3.63) is 28.7 Å². The van der Waals surface area contributed by atoms with Gasteiger partial charge in [0.1, 0.15) is 0 Å². The Morgan fingerprint density at radius 2 is 1.94 bits per heavy atom. The second-order valence-electron chi connectivity index (χ2n) is 4.21. The predicted octanol–water partition coefficient (Wildman–Crippen LogP) is 1.84. The van der Waals surface area contributed by atoms with Crippen molar-refractivity contribution >= 4 is 37.7 Å². The van der Waals surface area contributed by atoms with Crippen LogP contribution in [0.25, 0.3) is 0 Å². The zero-order valence-electron chi connectivity index (χ0n) is 10.2. The molecular formula is C11H16BrNO3S2. The van der Waals surface area contributed by atoms with Crippen molar-refractivity contribution in [2.75, 3.05) is 18.6 Å². The van der Waals surface area contributed by atoms with Gasteiger partial charge in [-0.1, -0.05) is 15.9 Å². The van der Waals surface area contributed by atoms with Gasteiger partial charge in [-0.2, -0.15) is 11.8 Å². The molecule has 0 aromatic heterocycles. The van der Waals surface area contributed by atoms with E-state index in [-0.39, 0.29) is 11.4 Å². The van der Waals surface area contributed by atoms with Crippen molar-refractivity contribution in [1.82, 2.24) is 4.72 Å². The molecule has 0 amide bonds. The lowest BCUT2D eigenvalue weighted by molar-refractivity contribution is 0.0908. The molecule has 0 saturated heterocycles. The summed E-state index contributed by atoms with van der Waals surface area (Å²) in [5.41, 5.74) is -1.05. The number of rotatable bonds is 6. The Hall–Kier alpha value is -0.0800. The topological polar surface area (TPSA) is 66.4 Å². The molecular weight excluding hydrogens is 338 g/mol. The largest absolute Gasteiger partial charge is 0.388 e. The third-order valence-corrected chi connectivity index (χ3v) is 5.08. The molecule has 0 bridgehead atoms. The summed E-state index contributed by atoms with van der Waals surface area (Å²) in [6.07, 6.45) is 1.86. The highest BCUT2D eigenvalue weighted by Gasteiger charge is 2.23. The maximum Gasteiger partial charge on any atom is 0.240 e. The van der Waals surface area contributed by atoms with Gasteiger partial charge in [0, 0.05) is 16.8 Å². The fourth-order valence-electron chi connectivity index (χ4n) is 1.31. The number of hydrogen-bond acceptors (Lipinski definition) is 4. The van der Waals surface area contributed by atoms with Crippen molar-refractivity contribution < 1.29 is 13.5 Å². The van der Waals surface area contributed by atoms with E-state index in [4.69, 9.17) is 0 Å². The molecule has 0 aliphatic carbocycles. The molecule has 18 heavy (non-hydrogen) atoms. The lowest BCUT2D eigenvalue weighted by Crippen LogP contribution is -2.42. The van der Waals surface area contributed by atoms with Gasteiger partial charge < -0.3 is 5.11 Å². The van der Waals surface area contributed by atoms with Crippen molar-refractivity contribution in [2.45, 2.75) is 17.4 Å². The third-order valence-electron chi connectivity index (χ3n) is 2.22. The highest BCUT2D eigenvalue weighted by Crippen LogP contribution is 2.15. The predicted molar refractivity (Wildman–Crippen MR) is 78.3 cm³/mol. The molecule has 0 unspecified atom stereocenters. The van der Waals surface area contributed by atoms with Crippen molar-refractivity contribution in [3.8, 4) is 0 Å². The van der Waals surface area contributed by atoms with E-state index in [0.717, 1.165) is 4.47 Å². The molecule has 0 aliphatic rings. The first kappa shape index (κ1) is 16.0. The summed E-state index contributed by atoms with van der Waals surface area (Å²) in [5, 5.41) is 9.91. The van der Waals surface area contributed by atoms with Gasteiger partial charge in [-0.15, -0.1) is 0 Å². The van der Waals surface area contributed by atoms with E-state index in [1.807, 2.05) is 6.26 Å². The van der Waals surface area contributed by atoms with Crippen LogP contribution in [0.2, 0.25) is 0 Å². The quantitative estimate of drug-likeness (QED) is 0.818. The van der Waals surface area contributed by atoms with E-state index >= 15 is 0 Å². The highest BCUT2D eigenvalue weighted by molar-refractivity contribution is 9.10. The summed E-state index contributed by atoms with van der Waals surface area (Å²) in [4.78, 5) is 0.186. The maximum absolute atomic E-state index is 12.0. The molecule has 0 aliphatic heterocycles. The van der Waals surface area contributed by atoms with E-state index < -0.39 is 15.6 Å². The number of thioether (sulfide) groups is 1. The molecule has 4 nitrogen and oxygen atoms in total. The van der Waals surface area contributed by atoms with Crippen LogP contribution in [-0.2, 0) is 10.0 Å². The molecule has 0 heterocycles. The average molecular weight is 354 g/mol. The lowest BCUT2D eigenvalue weighted by atomic mass is 10.1. The van der Waals surface area contributed by atoms with Crippen LogP contribution in [0.4, 0.5) is 0 Å². The molecule has 0 spiro atoms. The van der Waals surface area contributed by atoms with Gasteiger partial charge in [0.15, 0.2) is 0 Å². The average Bonchev–Trinajstić information content (AvgIpc) is 2.27. The Bertz CT molecular complexity index is 486. The van der Waals surface area contributed by atoms with E-state index in [1.54, 1.807) is 19.1 Å². The van der Waals surface area contributed by atoms with Gasteiger partial charge in [0.25, 0.3) is 0 Å². The summed E-state index contributed by atoms with van der Waals surface area (Å²) in [6.45, 7) is 1.60. The Balaban J connectivity index is 2.74. The number of halogens is 1. The Labute approximate surface area is 120 Å². The lowest BCUT2D eigenvalue weighted by Gasteiger charge is -2.22. The maximum atomic E-state index is 12.0. The minimum absolute atomic E-state index is 0.00770. The summed E-state index contributed by atoms with van der Waals surface area (Å²) >= 11 is 4.71. The van der Waals surface area contributed by atoms with Crippen LogP contribution >= 0.6 is 27.7 Å². The molecule has 102 valence electrons. The van der Waals surface area contributed by atoms with Crippen molar-refractivity contribution in [2.24, 2.45) is 0 Å². The number of aliphatic hydroxyl groups is 1. The fraction of sp³-hybridized carbons (Fsp3) is 0.455. The molecule has 0 fully saturated rings. The molecule has 1 aromatic rings. The minimum atomic E-state index is -3.57.